The molecule has 0 radical (unpaired) electrons. The zero-order chi connectivity index (χ0) is 14.4. The highest BCUT2D eigenvalue weighted by Gasteiger charge is 2.19. The lowest BCUT2D eigenvalue weighted by Crippen LogP contribution is -2.34. The number of esters is 1. The Morgan fingerprint density at radius 1 is 1.30 bits per heavy atom. The average Bonchev–Trinajstić information content (AvgIpc) is 2.50. The molecule has 0 aromatic heterocycles. The third-order valence-electron chi connectivity index (χ3n) is 4.04. The zero-order valence-corrected chi connectivity index (χ0v) is 12.0. The van der Waals surface area contributed by atoms with Gasteiger partial charge in [0.05, 0.1) is 13.5 Å². The molecule has 0 amide bonds. The molecule has 1 heterocycles. The maximum absolute atomic E-state index is 11.4. The Morgan fingerprint density at radius 3 is 2.55 bits per heavy atom. The third-order valence-corrected chi connectivity index (χ3v) is 4.04. The number of aliphatic hydroxyl groups excluding tert-OH is 1. The van der Waals surface area contributed by atoms with Crippen LogP contribution in [0.15, 0.2) is 24.3 Å². The summed E-state index contributed by atoms with van der Waals surface area (Å²) in [6.07, 6.45) is 2.44. The molecule has 0 atom stereocenters. The molecule has 0 bridgehead atoms. The number of benzene rings is 1. The van der Waals surface area contributed by atoms with E-state index in [1.165, 1.54) is 12.7 Å². The van der Waals surface area contributed by atoms with Gasteiger partial charge in [-0.2, -0.15) is 0 Å². The van der Waals surface area contributed by atoms with E-state index in [-0.39, 0.29) is 5.97 Å². The largest absolute Gasteiger partial charge is 0.469 e. The average molecular weight is 277 g/mol. The van der Waals surface area contributed by atoms with Crippen LogP contribution in [0.5, 0.6) is 0 Å². The molecule has 1 aromatic rings. The van der Waals surface area contributed by atoms with Gasteiger partial charge in [0, 0.05) is 13.2 Å². The minimum absolute atomic E-state index is 0.198. The number of likely N-dealkylation sites (tertiary alicyclic amines) is 1. The molecule has 110 valence electrons. The minimum atomic E-state index is -0.198. The van der Waals surface area contributed by atoms with E-state index in [1.54, 1.807) is 0 Å². The summed E-state index contributed by atoms with van der Waals surface area (Å²) < 4.78 is 4.75. The fourth-order valence-electron chi connectivity index (χ4n) is 2.68. The van der Waals surface area contributed by atoms with Gasteiger partial charge in [0.2, 0.25) is 0 Å². The molecule has 1 aliphatic heterocycles. The predicted molar refractivity (Wildman–Crippen MR) is 77.2 cm³/mol. The summed E-state index contributed by atoms with van der Waals surface area (Å²) in [5.41, 5.74) is 2.24. The molecule has 1 fully saturated rings. The van der Waals surface area contributed by atoms with Crippen LogP contribution in [0.2, 0.25) is 0 Å². The summed E-state index contributed by atoms with van der Waals surface area (Å²) in [5, 5.41) is 9.17. The second-order valence-electron chi connectivity index (χ2n) is 5.42. The molecule has 1 aliphatic rings. The summed E-state index contributed by atoms with van der Waals surface area (Å²) in [6.45, 7) is 3.19. The van der Waals surface area contributed by atoms with Crippen molar-refractivity contribution in [1.29, 1.82) is 0 Å². The number of piperidine rings is 1. The van der Waals surface area contributed by atoms with Crippen molar-refractivity contribution in [3.8, 4) is 0 Å². The Hall–Kier alpha value is -1.39. The standard InChI is InChI=1S/C16H23NO3/c1-20-16(19)10-14-4-2-3-5-15(14)11-17-8-6-13(12-18)7-9-17/h2-5,13,18H,6-12H2,1H3. The number of rotatable bonds is 5. The number of carbonyl (C=O) groups is 1. The Morgan fingerprint density at radius 2 is 1.95 bits per heavy atom. The van der Waals surface area contributed by atoms with Crippen molar-refractivity contribution in [2.45, 2.75) is 25.8 Å². The van der Waals surface area contributed by atoms with Crippen molar-refractivity contribution in [2.75, 3.05) is 26.8 Å². The maximum atomic E-state index is 11.4. The number of carbonyl (C=O) groups excluding carboxylic acids is 1. The third kappa shape index (κ3) is 4.05. The summed E-state index contributed by atoms with van der Waals surface area (Å²) >= 11 is 0. The second-order valence-corrected chi connectivity index (χ2v) is 5.42. The second kappa shape index (κ2) is 7.41. The van der Waals surface area contributed by atoms with Gasteiger partial charge in [0.25, 0.3) is 0 Å². The molecule has 0 saturated carbocycles. The number of ether oxygens (including phenoxy) is 1. The molecular weight excluding hydrogens is 254 g/mol. The van der Waals surface area contributed by atoms with Gasteiger partial charge >= 0.3 is 5.97 Å². The predicted octanol–water partition coefficient (Wildman–Crippen LogP) is 1.61. The lowest BCUT2D eigenvalue weighted by molar-refractivity contribution is -0.139. The first-order valence-corrected chi connectivity index (χ1v) is 7.19. The number of nitrogens with zero attached hydrogens (tertiary/aromatic N) is 1. The van der Waals surface area contributed by atoms with Gasteiger partial charge in [-0.25, -0.2) is 0 Å². The molecule has 1 saturated heterocycles. The fourth-order valence-corrected chi connectivity index (χ4v) is 2.68. The highest BCUT2D eigenvalue weighted by Crippen LogP contribution is 2.20. The van der Waals surface area contributed by atoms with E-state index >= 15 is 0 Å². The maximum Gasteiger partial charge on any atom is 0.309 e. The number of hydrogen-bond donors (Lipinski definition) is 1. The topological polar surface area (TPSA) is 49.8 Å². The molecule has 2 rings (SSSR count). The highest BCUT2D eigenvalue weighted by molar-refractivity contribution is 5.72. The molecule has 4 nitrogen and oxygen atoms in total. The van der Waals surface area contributed by atoms with Crippen LogP contribution in [0.4, 0.5) is 0 Å². The SMILES string of the molecule is COC(=O)Cc1ccccc1CN1CCC(CO)CC1. The van der Waals surface area contributed by atoms with Crippen molar-refractivity contribution in [1.82, 2.24) is 4.90 Å². The van der Waals surface area contributed by atoms with E-state index in [4.69, 9.17) is 9.84 Å². The summed E-state index contributed by atoms with van der Waals surface area (Å²) in [4.78, 5) is 13.8. The molecule has 1 aromatic carbocycles. The number of aliphatic hydroxyl groups is 1. The van der Waals surface area contributed by atoms with E-state index in [2.05, 4.69) is 11.0 Å². The van der Waals surface area contributed by atoms with Gasteiger partial charge in [-0.15, -0.1) is 0 Å². The van der Waals surface area contributed by atoms with E-state index in [9.17, 15) is 4.79 Å². The number of hydrogen-bond acceptors (Lipinski definition) is 4. The quantitative estimate of drug-likeness (QED) is 0.831. The molecule has 0 unspecified atom stereocenters. The van der Waals surface area contributed by atoms with Crippen LogP contribution in [-0.4, -0.2) is 42.8 Å². The van der Waals surface area contributed by atoms with Crippen LogP contribution in [0.25, 0.3) is 0 Å². The van der Waals surface area contributed by atoms with Crippen LogP contribution < -0.4 is 0 Å². The monoisotopic (exact) mass is 277 g/mol. The van der Waals surface area contributed by atoms with Crippen LogP contribution in [0.3, 0.4) is 0 Å². The van der Waals surface area contributed by atoms with Gasteiger partial charge in [-0.3, -0.25) is 9.69 Å². The van der Waals surface area contributed by atoms with Gasteiger partial charge in [-0.1, -0.05) is 24.3 Å². The normalized spacial score (nSPS) is 17.1. The first-order chi connectivity index (χ1) is 9.72. The Bertz CT molecular complexity index is 439. The lowest BCUT2D eigenvalue weighted by atomic mass is 9.96. The van der Waals surface area contributed by atoms with Crippen LogP contribution in [0, 0.1) is 5.92 Å². The van der Waals surface area contributed by atoms with Crippen molar-refractivity contribution in [2.24, 2.45) is 5.92 Å². The number of methoxy groups -OCH3 is 1. The molecule has 4 heteroatoms. The van der Waals surface area contributed by atoms with Gasteiger partial charge < -0.3 is 9.84 Å². The molecule has 0 spiro atoms. The van der Waals surface area contributed by atoms with Gasteiger partial charge in [-0.05, 0) is 43.0 Å². The van der Waals surface area contributed by atoms with E-state index < -0.39 is 0 Å². The smallest absolute Gasteiger partial charge is 0.309 e. The van der Waals surface area contributed by atoms with Crippen molar-refractivity contribution < 1.29 is 14.6 Å². The van der Waals surface area contributed by atoms with E-state index in [0.717, 1.165) is 38.0 Å². The zero-order valence-electron chi connectivity index (χ0n) is 12.0. The Balaban J connectivity index is 1.97. The Labute approximate surface area is 120 Å². The molecule has 1 N–H and O–H groups in total. The van der Waals surface area contributed by atoms with Crippen molar-refractivity contribution in [3.63, 3.8) is 0 Å². The van der Waals surface area contributed by atoms with Crippen molar-refractivity contribution in [3.05, 3.63) is 35.4 Å². The Kier molecular flexibility index (Phi) is 5.56. The summed E-state index contributed by atoms with van der Waals surface area (Å²) in [6, 6.07) is 8.04. The first-order valence-electron chi connectivity index (χ1n) is 7.19. The van der Waals surface area contributed by atoms with Crippen LogP contribution >= 0.6 is 0 Å². The van der Waals surface area contributed by atoms with Gasteiger partial charge in [0.15, 0.2) is 0 Å². The van der Waals surface area contributed by atoms with E-state index in [0.29, 0.717) is 18.9 Å². The minimum Gasteiger partial charge on any atom is -0.469 e. The molecule has 0 aliphatic carbocycles. The van der Waals surface area contributed by atoms with Crippen LogP contribution in [-0.2, 0) is 22.5 Å². The molecular formula is C16H23NO3. The first kappa shape index (κ1) is 15.0. The highest BCUT2D eigenvalue weighted by atomic mass is 16.5. The fraction of sp³-hybridized carbons (Fsp3) is 0.562. The van der Waals surface area contributed by atoms with Crippen LogP contribution in [0.1, 0.15) is 24.0 Å². The van der Waals surface area contributed by atoms with Crippen molar-refractivity contribution >= 4 is 5.97 Å². The molecule has 20 heavy (non-hydrogen) atoms. The summed E-state index contributed by atoms with van der Waals surface area (Å²) in [5.74, 6) is 0.257. The summed E-state index contributed by atoms with van der Waals surface area (Å²) in [7, 11) is 1.42. The van der Waals surface area contributed by atoms with Gasteiger partial charge in [0.1, 0.15) is 0 Å². The lowest BCUT2D eigenvalue weighted by Gasteiger charge is -2.31. The van der Waals surface area contributed by atoms with E-state index in [1.807, 2.05) is 18.2 Å².